The molecule has 1 aliphatic carbocycles. The largest absolute Gasteiger partial charge is 0.297 e. The van der Waals surface area contributed by atoms with Gasteiger partial charge in [-0.05, 0) is 49.6 Å². The van der Waals surface area contributed by atoms with E-state index in [1.165, 1.54) is 11.1 Å². The van der Waals surface area contributed by atoms with Crippen molar-refractivity contribution in [3.63, 3.8) is 0 Å². The Hall–Kier alpha value is -3.15. The number of rotatable bonds is 4. The molecule has 5 nitrogen and oxygen atoms in total. The molecule has 1 fully saturated rings. The van der Waals surface area contributed by atoms with Gasteiger partial charge < -0.3 is 0 Å². The number of aryl methyl sites for hydroxylation is 3. The normalized spacial score (nSPS) is 18.5. The average molecular weight is 440 g/mol. The number of hydrogen-bond donors (Lipinski definition) is 0. The number of carbonyl (C=O) groups excluding carboxylic acids is 2. The first kappa shape index (κ1) is 21.7. The Morgan fingerprint density at radius 2 is 1.42 bits per heavy atom. The SMILES string of the molecule is Cc1cc(C)nc(C2(N3CCN(Cc4ccccc4C)CC3)C(=O)c3ccccc3C2=O)c1. The molecule has 3 aromatic rings. The molecule has 168 valence electrons. The lowest BCUT2D eigenvalue weighted by Gasteiger charge is -2.43. The van der Waals surface area contributed by atoms with Gasteiger partial charge in [-0.1, -0.05) is 48.5 Å². The molecule has 2 aliphatic rings. The molecule has 0 N–H and O–H groups in total. The zero-order valence-corrected chi connectivity index (χ0v) is 19.5. The van der Waals surface area contributed by atoms with E-state index in [0.717, 1.165) is 30.9 Å². The van der Waals surface area contributed by atoms with Gasteiger partial charge in [0.05, 0.1) is 5.69 Å². The van der Waals surface area contributed by atoms with E-state index in [1.54, 1.807) is 12.1 Å². The number of fused-ring (bicyclic) bond motifs is 1. The molecule has 2 heterocycles. The molecule has 5 heteroatoms. The number of ketones is 2. The molecule has 1 saturated heterocycles. The Morgan fingerprint density at radius 3 is 2.03 bits per heavy atom. The van der Waals surface area contributed by atoms with Crippen LogP contribution in [0, 0.1) is 20.8 Å². The molecule has 0 amide bonds. The van der Waals surface area contributed by atoms with Crippen molar-refractivity contribution in [1.29, 1.82) is 0 Å². The van der Waals surface area contributed by atoms with Crippen LogP contribution in [0.15, 0.2) is 60.7 Å². The Balaban J connectivity index is 1.50. The highest BCUT2D eigenvalue weighted by atomic mass is 16.2. The van der Waals surface area contributed by atoms with E-state index in [9.17, 15) is 9.59 Å². The topological polar surface area (TPSA) is 53.5 Å². The molecule has 1 aliphatic heterocycles. The maximum Gasteiger partial charge on any atom is 0.198 e. The molecule has 33 heavy (non-hydrogen) atoms. The summed E-state index contributed by atoms with van der Waals surface area (Å²) in [6, 6.07) is 19.5. The van der Waals surface area contributed by atoms with Gasteiger partial charge in [-0.15, -0.1) is 0 Å². The van der Waals surface area contributed by atoms with E-state index < -0.39 is 5.54 Å². The summed E-state index contributed by atoms with van der Waals surface area (Å²) in [5.74, 6) is -0.291. The van der Waals surface area contributed by atoms with Crippen LogP contribution in [0.1, 0.15) is 48.8 Å². The fourth-order valence-corrected chi connectivity index (χ4v) is 5.35. The third-order valence-corrected chi connectivity index (χ3v) is 7.04. The first-order chi connectivity index (χ1) is 15.9. The first-order valence-corrected chi connectivity index (χ1v) is 11.6. The average Bonchev–Trinajstić information content (AvgIpc) is 3.03. The lowest BCUT2D eigenvalue weighted by molar-refractivity contribution is 0.0266. The highest BCUT2D eigenvalue weighted by Crippen LogP contribution is 2.42. The van der Waals surface area contributed by atoms with Crippen LogP contribution in [0.2, 0.25) is 0 Å². The second-order valence-electron chi connectivity index (χ2n) is 9.28. The predicted molar refractivity (Wildman–Crippen MR) is 129 cm³/mol. The van der Waals surface area contributed by atoms with E-state index in [4.69, 9.17) is 4.98 Å². The van der Waals surface area contributed by atoms with Crippen molar-refractivity contribution in [2.75, 3.05) is 26.2 Å². The zero-order valence-electron chi connectivity index (χ0n) is 19.5. The number of piperazine rings is 1. The highest BCUT2D eigenvalue weighted by Gasteiger charge is 2.59. The van der Waals surface area contributed by atoms with Gasteiger partial charge in [0, 0.05) is 49.5 Å². The van der Waals surface area contributed by atoms with Gasteiger partial charge in [0.2, 0.25) is 0 Å². The van der Waals surface area contributed by atoms with E-state index in [0.29, 0.717) is 29.9 Å². The number of hydrogen-bond acceptors (Lipinski definition) is 5. The fourth-order valence-electron chi connectivity index (χ4n) is 5.35. The van der Waals surface area contributed by atoms with Crippen LogP contribution in [0.3, 0.4) is 0 Å². The van der Waals surface area contributed by atoms with Crippen molar-refractivity contribution in [3.8, 4) is 0 Å². The first-order valence-electron chi connectivity index (χ1n) is 11.6. The molecule has 0 spiro atoms. The Labute approximate surface area is 195 Å². The third-order valence-electron chi connectivity index (χ3n) is 7.04. The summed E-state index contributed by atoms with van der Waals surface area (Å²) in [5.41, 5.74) is 4.61. The van der Waals surface area contributed by atoms with Gasteiger partial charge in [-0.25, -0.2) is 0 Å². The number of pyridine rings is 1. The summed E-state index contributed by atoms with van der Waals surface area (Å²) < 4.78 is 0. The van der Waals surface area contributed by atoms with Crippen LogP contribution in [0.25, 0.3) is 0 Å². The quantitative estimate of drug-likeness (QED) is 0.573. The summed E-state index contributed by atoms with van der Waals surface area (Å²) in [6.45, 7) is 9.76. The zero-order chi connectivity index (χ0) is 23.2. The Bertz CT molecular complexity index is 1190. The summed E-state index contributed by atoms with van der Waals surface area (Å²) in [6.07, 6.45) is 0. The molecule has 5 rings (SSSR count). The van der Waals surface area contributed by atoms with E-state index in [-0.39, 0.29) is 11.6 Å². The number of aromatic nitrogens is 1. The number of Topliss-reactive ketones (excluding diaryl/α,β-unsaturated/α-hetero) is 2. The highest BCUT2D eigenvalue weighted by molar-refractivity contribution is 6.32. The Kier molecular flexibility index (Phi) is 5.47. The van der Waals surface area contributed by atoms with Crippen molar-refractivity contribution >= 4 is 11.6 Å². The monoisotopic (exact) mass is 439 g/mol. The van der Waals surface area contributed by atoms with Gasteiger partial charge in [-0.3, -0.25) is 24.4 Å². The molecule has 0 radical (unpaired) electrons. The molecular formula is C28H29N3O2. The van der Waals surface area contributed by atoms with Crippen molar-refractivity contribution < 1.29 is 9.59 Å². The summed E-state index contributed by atoms with van der Waals surface area (Å²) in [4.78, 5) is 37.1. The van der Waals surface area contributed by atoms with Crippen LogP contribution >= 0.6 is 0 Å². The lowest BCUT2D eigenvalue weighted by Crippen LogP contribution is -2.60. The van der Waals surface area contributed by atoms with Crippen LogP contribution in [0.5, 0.6) is 0 Å². The molecule has 0 unspecified atom stereocenters. The molecule has 0 atom stereocenters. The van der Waals surface area contributed by atoms with Crippen molar-refractivity contribution in [3.05, 3.63) is 99.9 Å². The molecular weight excluding hydrogens is 410 g/mol. The molecule has 0 saturated carbocycles. The number of carbonyl (C=O) groups is 2. The van der Waals surface area contributed by atoms with Crippen molar-refractivity contribution in [2.24, 2.45) is 0 Å². The second-order valence-corrected chi connectivity index (χ2v) is 9.28. The van der Waals surface area contributed by atoms with Crippen LogP contribution in [0.4, 0.5) is 0 Å². The van der Waals surface area contributed by atoms with Gasteiger partial charge in [0.1, 0.15) is 0 Å². The molecule has 1 aromatic heterocycles. The molecule has 2 aromatic carbocycles. The summed E-state index contributed by atoms with van der Waals surface area (Å²) in [5, 5.41) is 0. The maximum absolute atomic E-state index is 14.0. The summed E-state index contributed by atoms with van der Waals surface area (Å²) >= 11 is 0. The predicted octanol–water partition coefficient (Wildman–Crippen LogP) is 4.10. The van der Waals surface area contributed by atoms with Gasteiger partial charge >= 0.3 is 0 Å². The van der Waals surface area contributed by atoms with Crippen LogP contribution in [-0.2, 0) is 12.1 Å². The fraction of sp³-hybridized carbons (Fsp3) is 0.321. The van der Waals surface area contributed by atoms with Gasteiger partial charge in [0.15, 0.2) is 17.1 Å². The van der Waals surface area contributed by atoms with Gasteiger partial charge in [0.25, 0.3) is 0 Å². The standard InChI is InChI=1S/C28H29N3O2/c1-19-16-21(3)29-25(17-19)28(26(32)23-10-6-7-11-24(23)27(28)33)31-14-12-30(13-15-31)18-22-9-5-4-8-20(22)2/h4-11,16-17H,12-15,18H2,1-3H3. The minimum absolute atomic E-state index is 0.145. The van der Waals surface area contributed by atoms with Crippen LogP contribution < -0.4 is 0 Å². The number of benzene rings is 2. The van der Waals surface area contributed by atoms with E-state index in [2.05, 4.69) is 41.0 Å². The Morgan fingerprint density at radius 1 is 0.818 bits per heavy atom. The number of nitrogens with zero attached hydrogens (tertiary/aromatic N) is 3. The minimum atomic E-state index is -1.38. The maximum atomic E-state index is 14.0. The third kappa shape index (κ3) is 3.52. The van der Waals surface area contributed by atoms with Crippen LogP contribution in [-0.4, -0.2) is 52.5 Å². The lowest BCUT2D eigenvalue weighted by atomic mass is 9.85. The van der Waals surface area contributed by atoms with Gasteiger partial charge in [-0.2, -0.15) is 0 Å². The van der Waals surface area contributed by atoms with Crippen molar-refractivity contribution in [1.82, 2.24) is 14.8 Å². The minimum Gasteiger partial charge on any atom is -0.297 e. The van der Waals surface area contributed by atoms with E-state index in [1.807, 2.05) is 38.1 Å². The van der Waals surface area contributed by atoms with E-state index >= 15 is 0 Å². The summed E-state index contributed by atoms with van der Waals surface area (Å²) in [7, 11) is 0. The smallest absolute Gasteiger partial charge is 0.198 e. The van der Waals surface area contributed by atoms with Crippen molar-refractivity contribution in [2.45, 2.75) is 32.9 Å². The molecule has 0 bridgehead atoms. The second kappa shape index (κ2) is 8.32.